The first-order chi connectivity index (χ1) is 8.71. The van der Waals surface area contributed by atoms with Crippen LogP contribution in [-0.4, -0.2) is 31.3 Å². The number of hydrogen-bond donors (Lipinski definition) is 1. The van der Waals surface area contributed by atoms with Gasteiger partial charge in [0.1, 0.15) is 0 Å². The second-order valence-electron chi connectivity index (χ2n) is 5.19. The van der Waals surface area contributed by atoms with Crippen molar-refractivity contribution in [3.05, 3.63) is 29.8 Å². The molecular weight excluding hydrogens is 226 g/mol. The molecule has 2 aliphatic heterocycles. The van der Waals surface area contributed by atoms with Crippen LogP contribution >= 0.6 is 0 Å². The number of aryl methyl sites for hydroxylation is 1. The predicted octanol–water partition coefficient (Wildman–Crippen LogP) is 1.68. The summed E-state index contributed by atoms with van der Waals surface area (Å²) in [6, 6.07) is 8.45. The number of ether oxygens (including phenoxy) is 1. The Morgan fingerprint density at radius 2 is 2.11 bits per heavy atom. The maximum absolute atomic E-state index is 6.10. The molecule has 1 spiro atoms. The first kappa shape index (κ1) is 11.5. The van der Waals surface area contributed by atoms with Gasteiger partial charge in [-0.3, -0.25) is 4.99 Å². The van der Waals surface area contributed by atoms with Crippen LogP contribution in [0.4, 0.5) is 5.69 Å². The molecular formula is C14H19N3O. The molecule has 4 heteroatoms. The van der Waals surface area contributed by atoms with Gasteiger partial charge in [0, 0.05) is 18.9 Å². The van der Waals surface area contributed by atoms with E-state index in [1.807, 2.05) is 0 Å². The van der Waals surface area contributed by atoms with Gasteiger partial charge in [-0.1, -0.05) is 12.1 Å². The molecule has 3 rings (SSSR count). The van der Waals surface area contributed by atoms with E-state index in [0.29, 0.717) is 5.96 Å². The molecule has 18 heavy (non-hydrogen) atoms. The van der Waals surface area contributed by atoms with E-state index in [9.17, 15) is 0 Å². The quantitative estimate of drug-likeness (QED) is 0.819. The fraction of sp³-hybridized carbons (Fsp3) is 0.500. The number of guanidine groups is 1. The highest BCUT2D eigenvalue weighted by molar-refractivity contribution is 5.98. The minimum absolute atomic E-state index is 0.0378. The summed E-state index contributed by atoms with van der Waals surface area (Å²) in [5.41, 5.74) is 8.53. The lowest BCUT2D eigenvalue weighted by Crippen LogP contribution is -2.54. The van der Waals surface area contributed by atoms with Gasteiger partial charge in [-0.05, 0) is 37.5 Å². The van der Waals surface area contributed by atoms with Gasteiger partial charge in [0.05, 0.1) is 12.1 Å². The first-order valence-corrected chi connectivity index (χ1v) is 6.46. The van der Waals surface area contributed by atoms with Crippen molar-refractivity contribution in [3.8, 4) is 0 Å². The maximum Gasteiger partial charge on any atom is 0.196 e. The topological polar surface area (TPSA) is 50.8 Å². The number of nitrogens with two attached hydrogens (primary N) is 1. The van der Waals surface area contributed by atoms with E-state index in [4.69, 9.17) is 10.5 Å². The second-order valence-corrected chi connectivity index (χ2v) is 5.19. The van der Waals surface area contributed by atoms with Crippen LogP contribution < -0.4 is 10.6 Å². The summed E-state index contributed by atoms with van der Waals surface area (Å²) in [7, 11) is 0. The lowest BCUT2D eigenvalue weighted by atomic mass is 9.88. The Kier molecular flexibility index (Phi) is 2.74. The Labute approximate surface area is 107 Å². The third-order valence-electron chi connectivity index (χ3n) is 3.92. The Morgan fingerprint density at radius 1 is 1.33 bits per heavy atom. The van der Waals surface area contributed by atoms with Crippen LogP contribution in [0.15, 0.2) is 29.3 Å². The van der Waals surface area contributed by atoms with Crippen molar-refractivity contribution in [2.45, 2.75) is 25.3 Å². The lowest BCUT2D eigenvalue weighted by molar-refractivity contribution is 0.0594. The van der Waals surface area contributed by atoms with E-state index in [1.165, 1.54) is 5.56 Å². The molecule has 1 saturated heterocycles. The molecule has 2 aliphatic rings. The zero-order valence-electron chi connectivity index (χ0n) is 10.7. The molecule has 2 N–H and O–H groups in total. The smallest absolute Gasteiger partial charge is 0.196 e. The van der Waals surface area contributed by atoms with Gasteiger partial charge in [-0.15, -0.1) is 0 Å². The summed E-state index contributed by atoms with van der Waals surface area (Å²) < 4.78 is 5.48. The summed E-state index contributed by atoms with van der Waals surface area (Å²) in [4.78, 5) is 6.68. The Bertz CT molecular complexity index is 478. The molecule has 0 aliphatic carbocycles. The fourth-order valence-electron chi connectivity index (χ4n) is 2.92. The van der Waals surface area contributed by atoms with E-state index < -0.39 is 0 Å². The largest absolute Gasteiger partial charge is 0.381 e. The van der Waals surface area contributed by atoms with E-state index in [2.05, 4.69) is 41.1 Å². The van der Waals surface area contributed by atoms with Crippen LogP contribution in [0.1, 0.15) is 18.4 Å². The van der Waals surface area contributed by atoms with Gasteiger partial charge in [0.15, 0.2) is 5.96 Å². The first-order valence-electron chi connectivity index (χ1n) is 6.46. The van der Waals surface area contributed by atoms with Crippen LogP contribution in [0.5, 0.6) is 0 Å². The summed E-state index contributed by atoms with van der Waals surface area (Å²) in [6.07, 6.45) is 1.98. The van der Waals surface area contributed by atoms with Gasteiger partial charge < -0.3 is 15.4 Å². The average Bonchev–Trinajstić information content (AvgIpc) is 2.67. The molecule has 0 unspecified atom stereocenters. The van der Waals surface area contributed by atoms with Gasteiger partial charge >= 0.3 is 0 Å². The van der Waals surface area contributed by atoms with Crippen LogP contribution in [-0.2, 0) is 4.74 Å². The molecule has 1 fully saturated rings. The fourth-order valence-corrected chi connectivity index (χ4v) is 2.92. The third kappa shape index (κ3) is 1.77. The molecule has 4 nitrogen and oxygen atoms in total. The average molecular weight is 245 g/mol. The van der Waals surface area contributed by atoms with E-state index in [1.54, 1.807) is 0 Å². The number of anilines is 1. The van der Waals surface area contributed by atoms with Crippen molar-refractivity contribution in [2.75, 3.05) is 24.7 Å². The number of nitrogens with zero attached hydrogens (tertiary/aromatic N) is 2. The minimum atomic E-state index is 0.0378. The second kappa shape index (κ2) is 4.28. The lowest BCUT2D eigenvalue weighted by Gasteiger charge is -2.41. The van der Waals surface area contributed by atoms with Crippen molar-refractivity contribution < 1.29 is 4.74 Å². The Hall–Kier alpha value is -1.55. The van der Waals surface area contributed by atoms with Gasteiger partial charge in [0.2, 0.25) is 0 Å². The van der Waals surface area contributed by atoms with E-state index in [-0.39, 0.29) is 5.54 Å². The molecule has 1 aromatic carbocycles. The summed E-state index contributed by atoms with van der Waals surface area (Å²) >= 11 is 0. The van der Waals surface area contributed by atoms with Crippen molar-refractivity contribution in [3.63, 3.8) is 0 Å². The number of benzene rings is 1. The predicted molar refractivity (Wildman–Crippen MR) is 72.9 cm³/mol. The van der Waals surface area contributed by atoms with Crippen molar-refractivity contribution in [1.29, 1.82) is 0 Å². The molecule has 2 heterocycles. The van der Waals surface area contributed by atoms with Crippen molar-refractivity contribution >= 4 is 11.6 Å². The number of hydrogen-bond acceptors (Lipinski definition) is 4. The van der Waals surface area contributed by atoms with E-state index in [0.717, 1.165) is 38.3 Å². The molecule has 0 amide bonds. The molecule has 96 valence electrons. The summed E-state index contributed by atoms with van der Waals surface area (Å²) in [5, 5.41) is 0. The monoisotopic (exact) mass is 245 g/mol. The van der Waals surface area contributed by atoms with Crippen molar-refractivity contribution in [2.24, 2.45) is 10.7 Å². The summed E-state index contributed by atoms with van der Waals surface area (Å²) in [6.45, 7) is 4.48. The molecule has 0 saturated carbocycles. The molecule has 0 bridgehead atoms. The summed E-state index contributed by atoms with van der Waals surface area (Å²) in [5.74, 6) is 0.641. The molecule has 0 aromatic heterocycles. The van der Waals surface area contributed by atoms with E-state index >= 15 is 0 Å². The van der Waals surface area contributed by atoms with Gasteiger partial charge in [0.25, 0.3) is 0 Å². The highest BCUT2D eigenvalue weighted by Crippen LogP contribution is 2.36. The zero-order chi connectivity index (χ0) is 12.6. The number of rotatable bonds is 1. The maximum atomic E-state index is 6.10. The third-order valence-corrected chi connectivity index (χ3v) is 3.92. The highest BCUT2D eigenvalue weighted by atomic mass is 16.5. The SMILES string of the molecule is Cc1cccc(N2C(N)=NCC23CCOCC3)c1. The Morgan fingerprint density at radius 3 is 2.83 bits per heavy atom. The van der Waals surface area contributed by atoms with Crippen LogP contribution in [0.3, 0.4) is 0 Å². The van der Waals surface area contributed by atoms with Gasteiger partial charge in [-0.2, -0.15) is 0 Å². The Balaban J connectivity index is 1.98. The number of aliphatic imine (C=N–C) groups is 1. The standard InChI is InChI=1S/C14H19N3O/c1-11-3-2-4-12(9-11)17-13(15)16-10-14(17)5-7-18-8-6-14/h2-4,9H,5-8,10H2,1H3,(H2,15,16). The molecule has 0 atom stereocenters. The molecule has 1 aromatic rings. The highest BCUT2D eigenvalue weighted by Gasteiger charge is 2.44. The van der Waals surface area contributed by atoms with Crippen LogP contribution in [0.25, 0.3) is 0 Å². The minimum Gasteiger partial charge on any atom is -0.381 e. The van der Waals surface area contributed by atoms with Crippen LogP contribution in [0.2, 0.25) is 0 Å². The van der Waals surface area contributed by atoms with Gasteiger partial charge in [-0.25, -0.2) is 0 Å². The van der Waals surface area contributed by atoms with Crippen LogP contribution in [0, 0.1) is 6.92 Å². The molecule has 0 radical (unpaired) electrons. The van der Waals surface area contributed by atoms with Crippen molar-refractivity contribution in [1.82, 2.24) is 0 Å². The normalized spacial score (nSPS) is 22.3. The zero-order valence-corrected chi connectivity index (χ0v) is 10.7.